The van der Waals surface area contributed by atoms with Crippen LogP contribution < -0.4 is 0 Å². The molecule has 108 valence electrons. The normalized spacial score (nSPS) is 12.1. The number of carbonyl (C=O) groups is 1. The Morgan fingerprint density at radius 2 is 1.90 bits per heavy atom. The van der Waals surface area contributed by atoms with E-state index in [0.29, 0.717) is 5.56 Å². The second-order valence-corrected chi connectivity index (χ2v) is 4.79. The van der Waals surface area contributed by atoms with Gasteiger partial charge in [0.25, 0.3) is 0 Å². The summed E-state index contributed by atoms with van der Waals surface area (Å²) < 4.78 is 17.5. The summed E-state index contributed by atoms with van der Waals surface area (Å²) in [6.45, 7) is 3.76. The second-order valence-electron chi connectivity index (χ2n) is 4.79. The van der Waals surface area contributed by atoms with Gasteiger partial charge in [0.2, 0.25) is 0 Å². The molecule has 0 aliphatic heterocycles. The number of hydrogen-bond donors (Lipinski definition) is 2. The second kappa shape index (κ2) is 6.84. The highest BCUT2D eigenvalue weighted by Gasteiger charge is 2.22. The summed E-state index contributed by atoms with van der Waals surface area (Å²) >= 11 is 0. The number of benzene rings is 1. The minimum absolute atomic E-state index is 0.121. The van der Waals surface area contributed by atoms with Crippen molar-refractivity contribution in [3.8, 4) is 0 Å². The van der Waals surface area contributed by atoms with E-state index in [2.05, 4.69) is 4.74 Å². The van der Waals surface area contributed by atoms with Gasteiger partial charge < -0.3 is 9.84 Å². The van der Waals surface area contributed by atoms with Crippen molar-refractivity contribution in [1.82, 2.24) is 0 Å². The molecule has 0 saturated heterocycles. The molecule has 1 aromatic carbocycles. The molecule has 20 heavy (non-hydrogen) atoms. The first kappa shape index (κ1) is 15.9. The maximum atomic E-state index is 12.9. The van der Waals surface area contributed by atoms with Crippen molar-refractivity contribution in [2.75, 3.05) is 7.11 Å². The van der Waals surface area contributed by atoms with Crippen LogP contribution in [0.25, 0.3) is 0 Å². The van der Waals surface area contributed by atoms with E-state index in [1.165, 1.54) is 31.4 Å². The maximum absolute atomic E-state index is 12.9. The van der Waals surface area contributed by atoms with Gasteiger partial charge in [-0.2, -0.15) is 0 Å². The monoisotopic (exact) mass is 279 g/mol. The molecule has 0 aliphatic rings. The number of halogens is 1. The molecule has 2 N–H and O–H groups in total. The summed E-state index contributed by atoms with van der Waals surface area (Å²) in [5, 5.41) is 18.1. The standard InChI is InChI=1S/C15H18FNO3/c1-9(2)8-12(18)13(15(19)20-3)14(17)10-4-6-11(16)7-5-10/h4-7,9,17-18H,8H2,1-3H3. The Morgan fingerprint density at radius 1 is 1.35 bits per heavy atom. The van der Waals surface area contributed by atoms with E-state index in [4.69, 9.17) is 5.41 Å². The van der Waals surface area contributed by atoms with Crippen molar-refractivity contribution in [2.24, 2.45) is 5.92 Å². The first-order chi connectivity index (χ1) is 9.36. The van der Waals surface area contributed by atoms with Crippen LogP contribution in [-0.4, -0.2) is 23.9 Å². The van der Waals surface area contributed by atoms with E-state index in [9.17, 15) is 14.3 Å². The number of aliphatic hydroxyl groups is 1. The largest absolute Gasteiger partial charge is 0.511 e. The van der Waals surface area contributed by atoms with Gasteiger partial charge in [0.05, 0.1) is 12.8 Å². The molecule has 0 amide bonds. The van der Waals surface area contributed by atoms with Crippen LogP contribution in [0.3, 0.4) is 0 Å². The number of nitrogens with one attached hydrogen (secondary N) is 1. The van der Waals surface area contributed by atoms with Gasteiger partial charge in [-0.1, -0.05) is 13.8 Å². The third-order valence-electron chi connectivity index (χ3n) is 2.66. The van der Waals surface area contributed by atoms with Crippen LogP contribution in [0.1, 0.15) is 25.8 Å². The van der Waals surface area contributed by atoms with Gasteiger partial charge in [-0.15, -0.1) is 0 Å². The van der Waals surface area contributed by atoms with Gasteiger partial charge in [-0.05, 0) is 30.2 Å². The zero-order valence-electron chi connectivity index (χ0n) is 11.7. The third kappa shape index (κ3) is 3.91. The summed E-state index contributed by atoms with van der Waals surface area (Å²) in [5.74, 6) is -1.29. The number of aliphatic hydroxyl groups excluding tert-OH is 1. The minimum atomic E-state index is -0.780. The van der Waals surface area contributed by atoms with Crippen LogP contribution in [0.15, 0.2) is 35.6 Å². The van der Waals surface area contributed by atoms with Gasteiger partial charge >= 0.3 is 5.97 Å². The zero-order chi connectivity index (χ0) is 15.3. The molecule has 0 radical (unpaired) electrons. The number of esters is 1. The topological polar surface area (TPSA) is 70.4 Å². The molecule has 0 unspecified atom stereocenters. The van der Waals surface area contributed by atoms with Crippen LogP contribution in [0.4, 0.5) is 4.39 Å². The van der Waals surface area contributed by atoms with Crippen molar-refractivity contribution in [3.05, 3.63) is 47.0 Å². The molecule has 0 aromatic heterocycles. The van der Waals surface area contributed by atoms with E-state index in [1.807, 2.05) is 13.8 Å². The Labute approximate surface area is 117 Å². The molecular weight excluding hydrogens is 261 g/mol. The molecule has 0 bridgehead atoms. The van der Waals surface area contributed by atoms with Gasteiger partial charge in [-0.25, -0.2) is 9.18 Å². The highest BCUT2D eigenvalue weighted by Crippen LogP contribution is 2.18. The smallest absolute Gasteiger partial charge is 0.343 e. The van der Waals surface area contributed by atoms with Crippen LogP contribution in [0, 0.1) is 17.1 Å². The average molecular weight is 279 g/mol. The summed E-state index contributed by atoms with van der Waals surface area (Å²) in [7, 11) is 1.18. The predicted molar refractivity (Wildman–Crippen MR) is 74.4 cm³/mol. The molecule has 0 saturated carbocycles. The molecular formula is C15H18FNO3. The maximum Gasteiger partial charge on any atom is 0.343 e. The molecule has 1 rings (SSSR count). The Bertz CT molecular complexity index is 533. The van der Waals surface area contributed by atoms with E-state index in [0.717, 1.165) is 0 Å². The Morgan fingerprint density at radius 3 is 2.35 bits per heavy atom. The number of ether oxygens (including phenoxy) is 1. The summed E-state index contributed by atoms with van der Waals surface area (Å²) in [4.78, 5) is 11.8. The van der Waals surface area contributed by atoms with E-state index in [1.54, 1.807) is 0 Å². The lowest BCUT2D eigenvalue weighted by atomic mass is 9.98. The highest BCUT2D eigenvalue weighted by molar-refractivity contribution is 6.25. The lowest BCUT2D eigenvalue weighted by molar-refractivity contribution is -0.135. The van der Waals surface area contributed by atoms with Gasteiger partial charge in [0, 0.05) is 12.0 Å². The SMILES string of the molecule is COC(=O)C(C(=N)c1ccc(F)cc1)=C(O)CC(C)C. The molecule has 1 aromatic rings. The Kier molecular flexibility index (Phi) is 5.43. The fourth-order valence-corrected chi connectivity index (χ4v) is 1.72. The van der Waals surface area contributed by atoms with Crippen LogP contribution in [0.2, 0.25) is 0 Å². The van der Waals surface area contributed by atoms with Crippen molar-refractivity contribution < 1.29 is 19.0 Å². The van der Waals surface area contributed by atoms with Crippen molar-refractivity contribution in [2.45, 2.75) is 20.3 Å². The van der Waals surface area contributed by atoms with Gasteiger partial charge in [0.1, 0.15) is 17.1 Å². The molecule has 0 atom stereocenters. The van der Waals surface area contributed by atoms with Crippen LogP contribution in [0.5, 0.6) is 0 Å². The number of rotatable bonds is 5. The van der Waals surface area contributed by atoms with Crippen molar-refractivity contribution >= 4 is 11.7 Å². The Balaban J connectivity index is 3.21. The number of hydrogen-bond acceptors (Lipinski definition) is 4. The first-order valence-electron chi connectivity index (χ1n) is 6.22. The number of methoxy groups -OCH3 is 1. The summed E-state index contributed by atoms with van der Waals surface area (Å²) in [6.07, 6.45) is 0.258. The lowest BCUT2D eigenvalue weighted by Crippen LogP contribution is -2.18. The molecule has 0 fully saturated rings. The number of allylic oxidation sites excluding steroid dienone is 1. The quantitative estimate of drug-likeness (QED) is 0.376. The molecule has 4 nitrogen and oxygen atoms in total. The molecule has 0 spiro atoms. The first-order valence-corrected chi connectivity index (χ1v) is 6.22. The summed E-state index contributed by atoms with van der Waals surface area (Å²) in [6, 6.07) is 5.14. The number of carbonyl (C=O) groups excluding carboxylic acids is 1. The fourth-order valence-electron chi connectivity index (χ4n) is 1.72. The Hall–Kier alpha value is -2.17. The van der Waals surface area contributed by atoms with Crippen LogP contribution >= 0.6 is 0 Å². The third-order valence-corrected chi connectivity index (χ3v) is 2.66. The molecule has 0 aliphatic carbocycles. The predicted octanol–water partition coefficient (Wildman–Crippen LogP) is 3.22. The lowest BCUT2D eigenvalue weighted by Gasteiger charge is -2.12. The van der Waals surface area contributed by atoms with Crippen molar-refractivity contribution in [3.63, 3.8) is 0 Å². The van der Waals surface area contributed by atoms with E-state index < -0.39 is 11.8 Å². The molecule has 0 heterocycles. The molecule has 5 heteroatoms. The average Bonchev–Trinajstić information content (AvgIpc) is 2.38. The highest BCUT2D eigenvalue weighted by atomic mass is 19.1. The van der Waals surface area contributed by atoms with Gasteiger partial charge in [-0.3, -0.25) is 5.41 Å². The summed E-state index contributed by atoms with van der Waals surface area (Å²) in [5.41, 5.74) is -0.0371. The zero-order valence-corrected chi connectivity index (χ0v) is 11.7. The minimum Gasteiger partial charge on any atom is -0.511 e. The van der Waals surface area contributed by atoms with E-state index in [-0.39, 0.29) is 29.4 Å². The fraction of sp³-hybridized carbons (Fsp3) is 0.333. The van der Waals surface area contributed by atoms with Gasteiger partial charge in [0.15, 0.2) is 0 Å². The van der Waals surface area contributed by atoms with E-state index >= 15 is 0 Å². The van der Waals surface area contributed by atoms with Crippen molar-refractivity contribution in [1.29, 1.82) is 5.41 Å². The van der Waals surface area contributed by atoms with Crippen LogP contribution in [-0.2, 0) is 9.53 Å².